The van der Waals surface area contributed by atoms with Gasteiger partial charge in [0.2, 0.25) is 0 Å². The second-order valence-electron chi connectivity index (χ2n) is 4.62. The van der Waals surface area contributed by atoms with Gasteiger partial charge in [0.15, 0.2) is 0 Å². The first-order valence-corrected chi connectivity index (χ1v) is 6.45. The van der Waals surface area contributed by atoms with Gasteiger partial charge in [0.1, 0.15) is 13.2 Å². The van der Waals surface area contributed by atoms with Gasteiger partial charge in [0, 0.05) is 5.57 Å². The fourth-order valence-electron chi connectivity index (χ4n) is 0.643. The Hall–Kier alpha value is -0.720. The number of quaternary nitrogens is 1. The summed E-state index contributed by atoms with van der Waals surface area (Å²) < 4.78 is 20.8. The van der Waals surface area contributed by atoms with Crippen molar-refractivity contribution in [3.05, 3.63) is 12.2 Å². The van der Waals surface area contributed by atoms with Crippen LogP contribution < -0.4 is 5.48 Å². The molecule has 1 unspecified atom stereocenters. The Kier molecular flexibility index (Phi) is 6.01. The van der Waals surface area contributed by atoms with Gasteiger partial charge in [-0.05, 0) is 6.92 Å². The Morgan fingerprint density at radius 2 is 2.00 bits per heavy atom. The van der Waals surface area contributed by atoms with E-state index >= 15 is 0 Å². The number of hydroxylamine groups is 1. The summed E-state index contributed by atoms with van der Waals surface area (Å²) in [5.74, 6) is -0.672. The molecule has 0 aliphatic carbocycles. The molecule has 0 saturated heterocycles. The average molecular weight is 267 g/mol. The fraction of sp³-hybridized carbons (Fsp3) is 0.667. The molecule has 0 spiro atoms. The van der Waals surface area contributed by atoms with E-state index in [9.17, 15) is 14.3 Å². The number of nitrogens with zero attached hydrogens (tertiary/aromatic N) is 1. The first-order valence-electron chi connectivity index (χ1n) is 4.96. The van der Waals surface area contributed by atoms with Crippen molar-refractivity contribution in [3.63, 3.8) is 0 Å². The maximum absolute atomic E-state index is 11.3. The van der Waals surface area contributed by atoms with Crippen LogP contribution in [0.4, 0.5) is 0 Å². The highest BCUT2D eigenvalue weighted by atomic mass is 31.2. The van der Waals surface area contributed by atoms with Gasteiger partial charge in [-0.3, -0.25) is 9.32 Å². The molecular weight excluding hydrogens is 247 g/mol. The SMILES string of the molecule is C=C(C)C(=O)NOP(=O)(O)OCC[N+](C)(C)C. The van der Waals surface area contributed by atoms with Crippen molar-refractivity contribution in [2.75, 3.05) is 34.3 Å². The third-order valence-electron chi connectivity index (χ3n) is 1.66. The van der Waals surface area contributed by atoms with Crippen molar-refractivity contribution in [2.45, 2.75) is 6.92 Å². The Labute approximate surface area is 101 Å². The molecule has 0 radical (unpaired) electrons. The highest BCUT2D eigenvalue weighted by Crippen LogP contribution is 2.41. The number of carbonyl (C=O) groups excluding carboxylic acids is 1. The Bertz CT molecular complexity index is 337. The number of rotatable bonds is 7. The smallest absolute Gasteiger partial charge is 0.329 e. The molecular formula is C9H20N2O5P+. The van der Waals surface area contributed by atoms with Crippen molar-refractivity contribution < 1.29 is 27.9 Å². The Morgan fingerprint density at radius 1 is 1.47 bits per heavy atom. The second kappa shape index (κ2) is 6.28. The van der Waals surface area contributed by atoms with Crippen LogP contribution in [0.5, 0.6) is 0 Å². The molecule has 0 bridgehead atoms. The number of hydrogen-bond acceptors (Lipinski definition) is 4. The van der Waals surface area contributed by atoms with E-state index in [1.165, 1.54) is 6.92 Å². The molecule has 0 fully saturated rings. The van der Waals surface area contributed by atoms with Crippen LogP contribution in [0.25, 0.3) is 0 Å². The highest BCUT2D eigenvalue weighted by molar-refractivity contribution is 7.47. The maximum Gasteiger partial charge on any atom is 0.493 e. The predicted molar refractivity (Wildman–Crippen MR) is 62.7 cm³/mol. The summed E-state index contributed by atoms with van der Waals surface area (Å²) in [5.41, 5.74) is 1.95. The fourth-order valence-corrected chi connectivity index (χ4v) is 1.21. The molecule has 0 aliphatic heterocycles. The van der Waals surface area contributed by atoms with E-state index in [4.69, 9.17) is 0 Å². The molecule has 1 amide bonds. The summed E-state index contributed by atoms with van der Waals surface area (Å²) in [4.78, 5) is 20.2. The molecule has 2 N–H and O–H groups in total. The van der Waals surface area contributed by atoms with E-state index in [1.807, 2.05) is 21.1 Å². The van der Waals surface area contributed by atoms with Gasteiger partial charge >= 0.3 is 7.82 Å². The van der Waals surface area contributed by atoms with Gasteiger partial charge < -0.3 is 9.38 Å². The number of carbonyl (C=O) groups is 1. The van der Waals surface area contributed by atoms with E-state index < -0.39 is 13.7 Å². The van der Waals surface area contributed by atoms with Crippen LogP contribution in [0, 0.1) is 0 Å². The molecule has 1 atom stereocenters. The van der Waals surface area contributed by atoms with Gasteiger partial charge in [-0.2, -0.15) is 4.62 Å². The normalized spacial score (nSPS) is 15.1. The van der Waals surface area contributed by atoms with E-state index in [1.54, 1.807) is 5.48 Å². The minimum atomic E-state index is -4.26. The molecule has 7 nitrogen and oxygen atoms in total. The number of phosphoric acid groups is 1. The topological polar surface area (TPSA) is 84.9 Å². The lowest BCUT2D eigenvalue weighted by atomic mass is 10.3. The van der Waals surface area contributed by atoms with Gasteiger partial charge in [-0.15, -0.1) is 0 Å². The minimum Gasteiger partial charge on any atom is -0.329 e. The lowest BCUT2D eigenvalue weighted by molar-refractivity contribution is -0.870. The van der Waals surface area contributed by atoms with Crippen LogP contribution in [-0.4, -0.2) is 49.6 Å². The zero-order valence-electron chi connectivity index (χ0n) is 10.6. The second-order valence-corrected chi connectivity index (χ2v) is 6.00. The number of likely N-dealkylation sites (N-methyl/N-ethyl adjacent to an activating group) is 1. The molecule has 17 heavy (non-hydrogen) atoms. The van der Waals surface area contributed by atoms with Crippen molar-refractivity contribution in [3.8, 4) is 0 Å². The summed E-state index contributed by atoms with van der Waals surface area (Å²) in [5, 5.41) is 0. The molecule has 0 aromatic rings. The van der Waals surface area contributed by atoms with Crippen LogP contribution in [0.1, 0.15) is 6.92 Å². The predicted octanol–water partition coefficient (Wildman–Crippen LogP) is 0.433. The molecule has 100 valence electrons. The Balaban J connectivity index is 4.01. The van der Waals surface area contributed by atoms with E-state index in [0.717, 1.165) is 0 Å². The number of amides is 1. The quantitative estimate of drug-likeness (QED) is 0.302. The van der Waals surface area contributed by atoms with Crippen molar-refractivity contribution in [1.29, 1.82) is 0 Å². The van der Waals surface area contributed by atoms with Crippen LogP contribution in [-0.2, 0) is 18.5 Å². The zero-order chi connectivity index (χ0) is 13.7. The summed E-state index contributed by atoms with van der Waals surface area (Å²) in [6, 6.07) is 0. The van der Waals surface area contributed by atoms with Crippen molar-refractivity contribution >= 4 is 13.7 Å². The minimum absolute atomic E-state index is 0.0419. The lowest BCUT2D eigenvalue weighted by Crippen LogP contribution is -2.37. The van der Waals surface area contributed by atoms with Crippen molar-refractivity contribution in [1.82, 2.24) is 5.48 Å². The largest absolute Gasteiger partial charge is 0.493 e. The van der Waals surface area contributed by atoms with E-state index in [2.05, 4.69) is 15.7 Å². The van der Waals surface area contributed by atoms with Gasteiger partial charge in [0.05, 0.1) is 21.1 Å². The van der Waals surface area contributed by atoms with E-state index in [0.29, 0.717) is 11.0 Å². The summed E-state index contributed by atoms with van der Waals surface area (Å²) >= 11 is 0. The Morgan fingerprint density at radius 3 is 2.41 bits per heavy atom. The summed E-state index contributed by atoms with van der Waals surface area (Å²) in [7, 11) is 1.48. The van der Waals surface area contributed by atoms with Crippen LogP contribution in [0.3, 0.4) is 0 Å². The first kappa shape index (κ1) is 16.3. The van der Waals surface area contributed by atoms with Crippen LogP contribution in [0.2, 0.25) is 0 Å². The standard InChI is InChI=1S/C9H19N2O5P/c1-8(2)9(12)10-16-17(13,14)15-7-6-11(3,4)5/h1,6-7H2,2-5H3,(H-,10,12,13,14)/p+1. The molecule has 0 heterocycles. The molecule has 0 saturated carbocycles. The number of phosphoric ester groups is 1. The third-order valence-corrected chi connectivity index (χ3v) is 2.49. The van der Waals surface area contributed by atoms with Crippen LogP contribution in [0.15, 0.2) is 12.2 Å². The average Bonchev–Trinajstić information content (AvgIpc) is 2.11. The summed E-state index contributed by atoms with van der Waals surface area (Å²) in [6.45, 7) is 5.36. The molecule has 0 aliphatic rings. The number of nitrogens with one attached hydrogen (secondary N) is 1. The van der Waals surface area contributed by atoms with Gasteiger partial charge in [-0.25, -0.2) is 10.0 Å². The summed E-state index contributed by atoms with van der Waals surface area (Å²) in [6.07, 6.45) is 0. The van der Waals surface area contributed by atoms with Crippen molar-refractivity contribution in [2.24, 2.45) is 0 Å². The van der Waals surface area contributed by atoms with Gasteiger partial charge in [-0.1, -0.05) is 6.58 Å². The lowest BCUT2D eigenvalue weighted by Gasteiger charge is -2.23. The zero-order valence-corrected chi connectivity index (χ0v) is 11.5. The molecule has 0 rings (SSSR count). The van der Waals surface area contributed by atoms with E-state index in [-0.39, 0.29) is 12.2 Å². The molecule has 8 heteroatoms. The third kappa shape index (κ3) is 9.02. The van der Waals surface area contributed by atoms with Gasteiger partial charge in [0.25, 0.3) is 5.91 Å². The molecule has 0 aromatic carbocycles. The maximum atomic E-state index is 11.3. The van der Waals surface area contributed by atoms with Crippen LogP contribution >= 0.6 is 7.82 Å². The number of hydrogen-bond donors (Lipinski definition) is 2. The first-order chi connectivity index (χ1) is 7.53. The highest BCUT2D eigenvalue weighted by Gasteiger charge is 2.24. The molecule has 0 aromatic heterocycles. The monoisotopic (exact) mass is 267 g/mol.